The number of piperidine rings is 1. The number of likely N-dealkylation sites (tertiary alicyclic amines) is 1. The number of benzene rings is 1. The van der Waals surface area contributed by atoms with Crippen molar-refractivity contribution in [3.05, 3.63) is 65.0 Å². The van der Waals surface area contributed by atoms with Crippen LogP contribution < -0.4 is 0 Å². The SMILES string of the molecule is CC1(C(=O)O)CCN(CC(=O)N2CCc3c(n(Cc4ccc(F)cc4F)c4ncccc34)C2)CC1. The molecule has 0 radical (unpaired) electrons. The van der Waals surface area contributed by atoms with Crippen molar-refractivity contribution in [1.82, 2.24) is 19.4 Å². The smallest absolute Gasteiger partial charge is 0.309 e. The summed E-state index contributed by atoms with van der Waals surface area (Å²) in [5, 5.41) is 10.4. The highest BCUT2D eigenvalue weighted by molar-refractivity contribution is 5.84. The van der Waals surface area contributed by atoms with Gasteiger partial charge >= 0.3 is 5.97 Å². The first kappa shape index (κ1) is 23.4. The molecule has 0 unspecified atom stereocenters. The molecule has 9 heteroatoms. The molecule has 2 aliphatic heterocycles. The van der Waals surface area contributed by atoms with Gasteiger partial charge in [-0.05, 0) is 63.0 Å². The highest BCUT2D eigenvalue weighted by Gasteiger charge is 2.37. The summed E-state index contributed by atoms with van der Waals surface area (Å²) < 4.78 is 29.8. The van der Waals surface area contributed by atoms with Crippen molar-refractivity contribution in [2.24, 2.45) is 5.41 Å². The maximum Gasteiger partial charge on any atom is 0.309 e. The number of pyridine rings is 1. The first-order chi connectivity index (χ1) is 16.7. The summed E-state index contributed by atoms with van der Waals surface area (Å²) in [4.78, 5) is 33.0. The molecule has 3 aromatic rings. The molecular weight excluding hydrogens is 454 g/mol. The largest absolute Gasteiger partial charge is 0.481 e. The lowest BCUT2D eigenvalue weighted by Gasteiger charge is -2.37. The van der Waals surface area contributed by atoms with Crippen molar-refractivity contribution in [3.8, 4) is 0 Å². The number of halogens is 2. The molecule has 0 saturated carbocycles. The van der Waals surface area contributed by atoms with Crippen LogP contribution >= 0.6 is 0 Å². The van der Waals surface area contributed by atoms with Gasteiger partial charge in [-0.15, -0.1) is 0 Å². The lowest BCUT2D eigenvalue weighted by atomic mass is 9.80. The average molecular weight is 483 g/mol. The number of amides is 1. The van der Waals surface area contributed by atoms with Crippen molar-refractivity contribution in [3.63, 3.8) is 0 Å². The topological polar surface area (TPSA) is 78.7 Å². The molecule has 0 aliphatic carbocycles. The summed E-state index contributed by atoms with van der Waals surface area (Å²) in [6, 6.07) is 7.42. The number of aromatic nitrogens is 2. The van der Waals surface area contributed by atoms with Crippen LogP contribution in [0, 0.1) is 17.0 Å². The number of carbonyl (C=O) groups excluding carboxylic acids is 1. The average Bonchev–Trinajstić information content (AvgIpc) is 3.15. The monoisotopic (exact) mass is 482 g/mol. The molecule has 0 bridgehead atoms. The summed E-state index contributed by atoms with van der Waals surface area (Å²) in [5.74, 6) is -2.03. The van der Waals surface area contributed by atoms with E-state index in [0.717, 1.165) is 28.4 Å². The highest BCUT2D eigenvalue weighted by atomic mass is 19.1. The Balaban J connectivity index is 1.36. The van der Waals surface area contributed by atoms with Crippen molar-refractivity contribution in [2.45, 2.75) is 39.3 Å². The molecule has 2 aliphatic rings. The van der Waals surface area contributed by atoms with Crippen molar-refractivity contribution in [2.75, 3.05) is 26.2 Å². The predicted octanol–water partition coefficient (Wildman–Crippen LogP) is 3.43. The van der Waals surface area contributed by atoms with Crippen LogP contribution in [0.4, 0.5) is 8.78 Å². The molecule has 2 aromatic heterocycles. The first-order valence-corrected chi connectivity index (χ1v) is 11.9. The van der Waals surface area contributed by atoms with E-state index in [1.165, 1.54) is 12.1 Å². The highest BCUT2D eigenvalue weighted by Crippen LogP contribution is 2.33. The third-order valence-corrected chi connectivity index (χ3v) is 7.55. The third kappa shape index (κ3) is 4.40. The fourth-order valence-corrected chi connectivity index (χ4v) is 5.17. The second-order valence-corrected chi connectivity index (χ2v) is 9.83. The molecule has 1 aromatic carbocycles. The van der Waals surface area contributed by atoms with E-state index in [9.17, 15) is 23.5 Å². The van der Waals surface area contributed by atoms with Gasteiger partial charge in [0.1, 0.15) is 17.3 Å². The first-order valence-electron chi connectivity index (χ1n) is 11.9. The number of carboxylic acids is 1. The van der Waals surface area contributed by atoms with Crippen LogP contribution in [0.1, 0.15) is 36.6 Å². The van der Waals surface area contributed by atoms with Gasteiger partial charge < -0.3 is 14.6 Å². The molecule has 35 heavy (non-hydrogen) atoms. The Bertz CT molecular complexity index is 1300. The normalized spacial score (nSPS) is 18.0. The van der Waals surface area contributed by atoms with Crippen LogP contribution in [0.15, 0.2) is 36.5 Å². The van der Waals surface area contributed by atoms with Gasteiger partial charge in [0.05, 0.1) is 25.0 Å². The van der Waals surface area contributed by atoms with E-state index in [0.29, 0.717) is 51.0 Å². The Labute approximate surface area is 202 Å². The summed E-state index contributed by atoms with van der Waals surface area (Å²) in [5.41, 5.74) is 2.37. The minimum atomic E-state index is -0.786. The lowest BCUT2D eigenvalue weighted by Crippen LogP contribution is -2.48. The summed E-state index contributed by atoms with van der Waals surface area (Å²) >= 11 is 0. The van der Waals surface area contributed by atoms with Crippen LogP contribution in [-0.2, 0) is 29.1 Å². The quantitative estimate of drug-likeness (QED) is 0.603. The minimum Gasteiger partial charge on any atom is -0.481 e. The van der Waals surface area contributed by atoms with E-state index in [4.69, 9.17) is 0 Å². The number of fused-ring (bicyclic) bond motifs is 3. The van der Waals surface area contributed by atoms with E-state index in [1.807, 2.05) is 26.5 Å². The fraction of sp³-hybridized carbons (Fsp3) is 0.423. The van der Waals surface area contributed by atoms with E-state index < -0.39 is 23.0 Å². The van der Waals surface area contributed by atoms with Crippen LogP contribution in [0.2, 0.25) is 0 Å². The van der Waals surface area contributed by atoms with E-state index in [2.05, 4.69) is 4.98 Å². The maximum absolute atomic E-state index is 14.5. The van der Waals surface area contributed by atoms with Crippen molar-refractivity contribution < 1.29 is 23.5 Å². The van der Waals surface area contributed by atoms with Crippen LogP contribution in [0.5, 0.6) is 0 Å². The molecule has 4 heterocycles. The lowest BCUT2D eigenvalue weighted by molar-refractivity contribution is -0.151. The number of carboxylic acid groups (broad SMARTS) is 1. The third-order valence-electron chi connectivity index (χ3n) is 7.55. The summed E-state index contributed by atoms with van der Waals surface area (Å²) in [6.07, 6.45) is 3.39. The molecule has 184 valence electrons. The number of hydrogen-bond donors (Lipinski definition) is 1. The Morgan fingerprint density at radius 2 is 1.91 bits per heavy atom. The zero-order chi connectivity index (χ0) is 24.7. The van der Waals surface area contributed by atoms with E-state index >= 15 is 0 Å². The number of carbonyl (C=O) groups is 2. The molecule has 0 atom stereocenters. The maximum atomic E-state index is 14.5. The Kier molecular flexibility index (Phi) is 6.04. The van der Waals surface area contributed by atoms with Gasteiger partial charge in [-0.25, -0.2) is 13.8 Å². The molecule has 1 amide bonds. The number of rotatable bonds is 5. The Morgan fingerprint density at radius 1 is 1.14 bits per heavy atom. The van der Waals surface area contributed by atoms with Crippen LogP contribution in [0.25, 0.3) is 11.0 Å². The molecule has 1 saturated heterocycles. The molecule has 1 fully saturated rings. The number of hydrogen-bond acceptors (Lipinski definition) is 4. The Morgan fingerprint density at radius 3 is 2.63 bits per heavy atom. The predicted molar refractivity (Wildman–Crippen MR) is 126 cm³/mol. The van der Waals surface area contributed by atoms with E-state index in [1.54, 1.807) is 13.1 Å². The van der Waals surface area contributed by atoms with Crippen LogP contribution in [-0.4, -0.2) is 62.5 Å². The molecule has 0 spiro atoms. The molecule has 5 rings (SSSR count). The van der Waals surface area contributed by atoms with Crippen LogP contribution in [0.3, 0.4) is 0 Å². The van der Waals surface area contributed by atoms with Crippen molar-refractivity contribution in [1.29, 1.82) is 0 Å². The van der Waals surface area contributed by atoms with E-state index in [-0.39, 0.29) is 19.0 Å². The van der Waals surface area contributed by atoms with Gasteiger partial charge in [0, 0.05) is 35.5 Å². The van der Waals surface area contributed by atoms with Gasteiger partial charge in [-0.2, -0.15) is 0 Å². The zero-order valence-electron chi connectivity index (χ0n) is 19.6. The second kappa shape index (κ2) is 9.03. The standard InChI is InChI=1S/C26H28F2N4O3/c1-26(25(34)35)7-11-30(12-8-26)16-23(33)31-10-6-19-20-3-2-9-29-24(20)32(22(19)15-31)14-17-4-5-18(27)13-21(17)28/h2-5,9,13H,6-8,10-12,14-16H2,1H3,(H,34,35). The van der Waals surface area contributed by atoms with Gasteiger partial charge in [0.25, 0.3) is 0 Å². The Hall–Kier alpha value is -3.33. The van der Waals surface area contributed by atoms with Gasteiger partial charge in [0.15, 0.2) is 0 Å². The fourth-order valence-electron chi connectivity index (χ4n) is 5.17. The van der Waals surface area contributed by atoms with Gasteiger partial charge in [-0.1, -0.05) is 6.07 Å². The molecular formula is C26H28F2N4O3. The van der Waals surface area contributed by atoms with Gasteiger partial charge in [0.2, 0.25) is 5.91 Å². The number of nitrogens with zero attached hydrogens (tertiary/aromatic N) is 4. The summed E-state index contributed by atoms with van der Waals surface area (Å²) in [6.45, 7) is 4.30. The van der Waals surface area contributed by atoms with Gasteiger partial charge in [-0.3, -0.25) is 14.5 Å². The minimum absolute atomic E-state index is 0.00712. The number of aliphatic carboxylic acids is 1. The summed E-state index contributed by atoms with van der Waals surface area (Å²) in [7, 11) is 0. The zero-order valence-corrected chi connectivity index (χ0v) is 19.6. The molecule has 1 N–H and O–H groups in total. The molecule has 7 nitrogen and oxygen atoms in total. The van der Waals surface area contributed by atoms with Crippen molar-refractivity contribution >= 4 is 22.9 Å². The second-order valence-electron chi connectivity index (χ2n) is 9.83.